The maximum atomic E-state index is 9.95. The molecule has 0 bridgehead atoms. The molecule has 5 heteroatoms. The molecule has 0 saturated carbocycles. The van der Waals surface area contributed by atoms with Gasteiger partial charge in [0.2, 0.25) is 0 Å². The highest BCUT2D eigenvalue weighted by molar-refractivity contribution is 6.35. The van der Waals surface area contributed by atoms with Crippen LogP contribution in [0.5, 0.6) is 0 Å². The summed E-state index contributed by atoms with van der Waals surface area (Å²) in [7, 11) is 0. The highest BCUT2D eigenvalue weighted by Crippen LogP contribution is 2.26. The number of hydrogen-bond donors (Lipinski definition) is 3. The largest absolute Gasteiger partial charge is 0.396 e. The molecule has 4 nitrogen and oxygen atoms in total. The molecule has 2 rings (SSSR count). The Morgan fingerprint density at radius 3 is 2.72 bits per heavy atom. The van der Waals surface area contributed by atoms with E-state index < -0.39 is 12.2 Å². The molecule has 2 unspecified atom stereocenters. The van der Waals surface area contributed by atoms with Crippen molar-refractivity contribution in [2.75, 3.05) is 6.61 Å². The zero-order chi connectivity index (χ0) is 13.1. The zero-order valence-corrected chi connectivity index (χ0v) is 10.4. The van der Waals surface area contributed by atoms with Crippen molar-refractivity contribution < 1.29 is 15.3 Å². The number of hydrogen-bond acceptors (Lipinski definition) is 4. The summed E-state index contributed by atoms with van der Waals surface area (Å²) in [5.74, 6) is 0. The third-order valence-electron chi connectivity index (χ3n) is 2.84. The van der Waals surface area contributed by atoms with Gasteiger partial charge >= 0.3 is 0 Å². The van der Waals surface area contributed by atoms with E-state index in [1.54, 1.807) is 30.5 Å². The lowest BCUT2D eigenvalue weighted by molar-refractivity contribution is 0.00428. The molecule has 0 radical (unpaired) electrons. The van der Waals surface area contributed by atoms with Crippen LogP contribution in [0.1, 0.15) is 18.1 Å². The van der Waals surface area contributed by atoms with Crippen LogP contribution in [0.4, 0.5) is 0 Å². The monoisotopic (exact) mass is 267 g/mol. The van der Waals surface area contributed by atoms with Gasteiger partial charge in [-0.1, -0.05) is 17.7 Å². The minimum atomic E-state index is -1.04. The first-order chi connectivity index (χ1) is 8.63. The Morgan fingerprint density at radius 1 is 1.22 bits per heavy atom. The number of benzene rings is 1. The van der Waals surface area contributed by atoms with Crippen molar-refractivity contribution in [1.29, 1.82) is 0 Å². The fourth-order valence-corrected chi connectivity index (χ4v) is 2.03. The van der Waals surface area contributed by atoms with E-state index in [0.717, 1.165) is 10.9 Å². The van der Waals surface area contributed by atoms with E-state index >= 15 is 0 Å². The molecular weight excluding hydrogens is 254 g/mol. The summed E-state index contributed by atoms with van der Waals surface area (Å²) >= 11 is 6.05. The second-order valence-electron chi connectivity index (χ2n) is 4.09. The van der Waals surface area contributed by atoms with Gasteiger partial charge in [0.1, 0.15) is 6.10 Å². The van der Waals surface area contributed by atoms with Gasteiger partial charge in [-0.15, -0.1) is 0 Å². The Hall–Kier alpha value is -1.20. The van der Waals surface area contributed by atoms with Crippen LogP contribution in [0.15, 0.2) is 30.5 Å². The molecule has 0 aliphatic rings. The molecule has 0 aliphatic carbocycles. The van der Waals surface area contributed by atoms with E-state index in [1.807, 2.05) is 0 Å². The van der Waals surface area contributed by atoms with Gasteiger partial charge in [-0.05, 0) is 30.2 Å². The van der Waals surface area contributed by atoms with Gasteiger partial charge in [0, 0.05) is 18.2 Å². The molecule has 1 heterocycles. The Morgan fingerprint density at radius 2 is 2.00 bits per heavy atom. The number of nitrogens with zero attached hydrogens (tertiary/aromatic N) is 1. The number of aromatic nitrogens is 1. The fraction of sp³-hybridized carbons (Fsp3) is 0.308. The van der Waals surface area contributed by atoms with Gasteiger partial charge in [0.15, 0.2) is 0 Å². The predicted molar refractivity (Wildman–Crippen MR) is 69.4 cm³/mol. The van der Waals surface area contributed by atoms with Crippen molar-refractivity contribution in [3.8, 4) is 0 Å². The number of pyridine rings is 1. The smallest absolute Gasteiger partial charge is 0.105 e. The molecule has 3 N–H and O–H groups in total. The quantitative estimate of drug-likeness (QED) is 0.788. The highest BCUT2D eigenvalue weighted by atomic mass is 35.5. The van der Waals surface area contributed by atoms with Gasteiger partial charge in [0.25, 0.3) is 0 Å². The van der Waals surface area contributed by atoms with Crippen LogP contribution in [0.25, 0.3) is 10.9 Å². The van der Waals surface area contributed by atoms with Crippen LogP contribution >= 0.6 is 11.6 Å². The third-order valence-corrected chi connectivity index (χ3v) is 3.17. The highest BCUT2D eigenvalue weighted by Gasteiger charge is 2.18. The summed E-state index contributed by atoms with van der Waals surface area (Å²) in [4.78, 5) is 4.16. The van der Waals surface area contributed by atoms with Crippen LogP contribution in [0, 0.1) is 0 Å². The Kier molecular flexibility index (Phi) is 4.14. The minimum Gasteiger partial charge on any atom is -0.396 e. The van der Waals surface area contributed by atoms with Gasteiger partial charge in [0.05, 0.1) is 16.6 Å². The Bertz CT molecular complexity index is 547. The lowest BCUT2D eigenvalue weighted by Gasteiger charge is -2.17. The molecule has 1 aromatic heterocycles. The first-order valence-electron chi connectivity index (χ1n) is 5.64. The lowest BCUT2D eigenvalue weighted by Crippen LogP contribution is -2.19. The minimum absolute atomic E-state index is 0.125. The number of halogens is 1. The fourth-order valence-electron chi connectivity index (χ4n) is 1.83. The summed E-state index contributed by atoms with van der Waals surface area (Å²) in [6.07, 6.45) is -0.304. The topological polar surface area (TPSA) is 73.6 Å². The third kappa shape index (κ3) is 2.62. The maximum absolute atomic E-state index is 9.95. The summed E-state index contributed by atoms with van der Waals surface area (Å²) in [5.41, 5.74) is 1.29. The molecule has 0 saturated heterocycles. The standard InChI is InChI=1S/C13H14ClNO3/c14-10-3-5-15-11-2-1-8(7-9(10)11)13(18)12(17)4-6-16/h1-3,5,7,12-13,16-18H,4,6H2. The molecule has 0 fully saturated rings. The van der Waals surface area contributed by atoms with Crippen molar-refractivity contribution in [2.45, 2.75) is 18.6 Å². The SMILES string of the molecule is OCCC(O)C(O)c1ccc2nccc(Cl)c2c1. The van der Waals surface area contributed by atoms with Crippen LogP contribution in [-0.4, -0.2) is 33.0 Å². The average molecular weight is 268 g/mol. The van der Waals surface area contributed by atoms with Gasteiger partial charge in [-0.3, -0.25) is 4.98 Å². The molecule has 96 valence electrons. The normalized spacial score (nSPS) is 14.7. The van der Waals surface area contributed by atoms with E-state index in [2.05, 4.69) is 4.98 Å². The van der Waals surface area contributed by atoms with E-state index in [-0.39, 0.29) is 13.0 Å². The first-order valence-corrected chi connectivity index (χ1v) is 6.02. The van der Waals surface area contributed by atoms with Crippen molar-refractivity contribution >= 4 is 22.5 Å². The molecule has 2 atom stereocenters. The van der Waals surface area contributed by atoms with Crippen LogP contribution in [0.2, 0.25) is 5.02 Å². The summed E-state index contributed by atoms with van der Waals surface area (Å²) in [5, 5.41) is 29.6. The summed E-state index contributed by atoms with van der Waals surface area (Å²) in [6, 6.07) is 6.81. The van der Waals surface area contributed by atoms with E-state index in [0.29, 0.717) is 10.6 Å². The lowest BCUT2D eigenvalue weighted by atomic mass is 10.0. The van der Waals surface area contributed by atoms with E-state index in [9.17, 15) is 10.2 Å². The molecule has 0 spiro atoms. The molecule has 0 aliphatic heterocycles. The number of aliphatic hydroxyl groups is 3. The predicted octanol–water partition coefficient (Wildman–Crippen LogP) is 1.66. The van der Waals surface area contributed by atoms with Gasteiger partial charge in [-0.25, -0.2) is 0 Å². The second-order valence-corrected chi connectivity index (χ2v) is 4.50. The Labute approximate surface area is 109 Å². The maximum Gasteiger partial charge on any atom is 0.105 e. The number of rotatable bonds is 4. The van der Waals surface area contributed by atoms with E-state index in [1.165, 1.54) is 0 Å². The van der Waals surface area contributed by atoms with Crippen LogP contribution in [0.3, 0.4) is 0 Å². The summed E-state index contributed by atoms with van der Waals surface area (Å²) < 4.78 is 0. The first kappa shape index (κ1) is 13.2. The van der Waals surface area contributed by atoms with Crippen molar-refractivity contribution in [3.05, 3.63) is 41.0 Å². The van der Waals surface area contributed by atoms with Crippen molar-refractivity contribution in [3.63, 3.8) is 0 Å². The van der Waals surface area contributed by atoms with Crippen LogP contribution < -0.4 is 0 Å². The van der Waals surface area contributed by atoms with Crippen molar-refractivity contribution in [2.24, 2.45) is 0 Å². The zero-order valence-electron chi connectivity index (χ0n) is 9.62. The van der Waals surface area contributed by atoms with E-state index in [4.69, 9.17) is 16.7 Å². The second kappa shape index (κ2) is 5.63. The number of aliphatic hydroxyl groups excluding tert-OH is 3. The van der Waals surface area contributed by atoms with Crippen molar-refractivity contribution in [1.82, 2.24) is 4.98 Å². The molecular formula is C13H14ClNO3. The van der Waals surface area contributed by atoms with Gasteiger partial charge < -0.3 is 15.3 Å². The average Bonchev–Trinajstić information content (AvgIpc) is 2.38. The Balaban J connectivity index is 2.37. The number of fused-ring (bicyclic) bond motifs is 1. The molecule has 2 aromatic rings. The van der Waals surface area contributed by atoms with Crippen LogP contribution in [-0.2, 0) is 0 Å². The summed E-state index contributed by atoms with van der Waals surface area (Å²) in [6.45, 7) is -0.173. The van der Waals surface area contributed by atoms with Gasteiger partial charge in [-0.2, -0.15) is 0 Å². The molecule has 0 amide bonds. The molecule has 1 aromatic carbocycles. The molecule has 18 heavy (non-hydrogen) atoms.